The molecular weight excluding hydrogens is 806 g/mol. The monoisotopic (exact) mass is 859 g/mol. The SMILES string of the molecule is CCC[CH2][Sn]([CH2]CCC)([CH2]CCC)[c]1ccccn1.C[C@H](Oc1ccc(S(C)(=O)=O)cc1C(=O)N1Cc2ccc(-c3ccccn3)cc2C1)C(F)(F)F. The third-order valence-electron chi connectivity index (χ3n) is 9.79. The molecule has 0 saturated heterocycles. The maximum absolute atomic E-state index is 13.4. The third kappa shape index (κ3) is 11.5. The first-order valence-electron chi connectivity index (χ1n) is 18.5. The predicted molar refractivity (Wildman–Crippen MR) is 208 cm³/mol. The number of hydrogen-bond acceptors (Lipinski definition) is 6. The molecule has 0 N–H and O–H groups in total. The number of aromatic nitrogens is 2. The number of fused-ring (bicyclic) bond motifs is 1. The van der Waals surface area contributed by atoms with Crippen molar-refractivity contribution in [3.8, 4) is 17.0 Å². The zero-order valence-corrected chi connectivity index (χ0v) is 35.1. The Morgan fingerprint density at radius 1 is 0.830 bits per heavy atom. The molecule has 2 aromatic heterocycles. The largest absolute Gasteiger partial charge is 0.480 e. The van der Waals surface area contributed by atoms with Crippen LogP contribution >= 0.6 is 0 Å². The Balaban J connectivity index is 0.000000281. The number of nitrogens with zero attached hydrogens (tertiary/aromatic N) is 3. The summed E-state index contributed by atoms with van der Waals surface area (Å²) in [5.74, 6) is -0.946. The summed E-state index contributed by atoms with van der Waals surface area (Å²) >= 11 is -2.21. The molecule has 5 rings (SSSR count). The molecule has 3 heterocycles. The number of benzene rings is 2. The van der Waals surface area contributed by atoms with E-state index in [1.165, 1.54) is 56.7 Å². The van der Waals surface area contributed by atoms with Crippen molar-refractivity contribution in [2.45, 2.75) is 110 Å². The first-order valence-corrected chi connectivity index (χ1v) is 27.9. The molecule has 286 valence electrons. The molecular formula is C41H52F3N3O4SSn. The first kappa shape index (κ1) is 42.3. The van der Waals surface area contributed by atoms with E-state index in [2.05, 4.69) is 44.0 Å². The van der Waals surface area contributed by atoms with Crippen molar-refractivity contribution in [3.63, 3.8) is 0 Å². The van der Waals surface area contributed by atoms with Crippen molar-refractivity contribution in [3.05, 3.63) is 102 Å². The van der Waals surface area contributed by atoms with Crippen molar-refractivity contribution in [2.24, 2.45) is 0 Å². The molecule has 0 aliphatic carbocycles. The van der Waals surface area contributed by atoms with Crippen LogP contribution in [-0.4, -0.2) is 66.1 Å². The van der Waals surface area contributed by atoms with E-state index in [9.17, 15) is 26.4 Å². The zero-order valence-electron chi connectivity index (χ0n) is 31.5. The molecule has 7 nitrogen and oxygen atoms in total. The van der Waals surface area contributed by atoms with Crippen LogP contribution in [0.25, 0.3) is 11.3 Å². The van der Waals surface area contributed by atoms with Gasteiger partial charge in [0, 0.05) is 31.1 Å². The minimum atomic E-state index is -4.65. The smallest absolute Gasteiger partial charge is 0.425 e. The van der Waals surface area contributed by atoms with Crippen LogP contribution in [0.5, 0.6) is 5.75 Å². The van der Waals surface area contributed by atoms with Crippen LogP contribution in [0.1, 0.15) is 87.7 Å². The number of alkyl halides is 3. The van der Waals surface area contributed by atoms with E-state index >= 15 is 0 Å². The summed E-state index contributed by atoms with van der Waals surface area (Å²) in [6, 6.07) is 21.1. The Kier molecular flexibility index (Phi) is 15.3. The molecule has 4 aromatic rings. The molecule has 0 unspecified atom stereocenters. The van der Waals surface area contributed by atoms with Gasteiger partial charge in [0.2, 0.25) is 0 Å². The van der Waals surface area contributed by atoms with Crippen molar-refractivity contribution >= 4 is 37.8 Å². The van der Waals surface area contributed by atoms with Crippen LogP contribution in [0, 0.1) is 0 Å². The second-order valence-corrected chi connectivity index (χ2v) is 29.0. The number of rotatable bonds is 15. The van der Waals surface area contributed by atoms with Gasteiger partial charge < -0.3 is 9.64 Å². The maximum atomic E-state index is 13.4. The van der Waals surface area contributed by atoms with Crippen LogP contribution in [0.2, 0.25) is 13.3 Å². The number of amides is 1. The van der Waals surface area contributed by atoms with E-state index in [0.717, 1.165) is 53.8 Å². The van der Waals surface area contributed by atoms with Gasteiger partial charge >= 0.3 is 130 Å². The molecule has 1 aliphatic heterocycles. The molecule has 12 heteroatoms. The molecule has 0 fully saturated rings. The summed E-state index contributed by atoms with van der Waals surface area (Å²) in [4.78, 5) is 23.7. The van der Waals surface area contributed by atoms with Crippen LogP contribution in [0.3, 0.4) is 0 Å². The minimum absolute atomic E-state index is 0.183. The molecule has 0 saturated carbocycles. The van der Waals surface area contributed by atoms with Gasteiger partial charge in [-0.2, -0.15) is 13.2 Å². The normalized spacial score (nSPS) is 13.5. The molecule has 0 radical (unpaired) electrons. The number of sulfone groups is 1. The van der Waals surface area contributed by atoms with Crippen molar-refractivity contribution in [1.82, 2.24) is 14.9 Å². The Morgan fingerprint density at radius 2 is 1.43 bits per heavy atom. The van der Waals surface area contributed by atoms with Gasteiger partial charge in [-0.05, 0) is 54.4 Å². The summed E-state index contributed by atoms with van der Waals surface area (Å²) in [6.45, 7) is 8.25. The van der Waals surface area contributed by atoms with Crippen LogP contribution in [0.4, 0.5) is 13.2 Å². The number of unbranched alkanes of at least 4 members (excludes halogenated alkanes) is 3. The standard InChI is InChI=1S/C24H21F3N2O4S.C5H4N.3C4H9.Sn/c1-15(24(25,26)27)33-22-9-8-19(34(2,31)32)12-20(22)23(30)29-13-17-7-6-16(11-18(17)14-29)21-5-3-4-10-28-21;1-2-4-6-5-3-1;3*1-3-4-2;/h3-12,15H,13-14H2,1-2H3;1-4H;3*1,3-4H2,2H3;/t15-;;;;;/m0...../s1. The Morgan fingerprint density at radius 3 is 1.96 bits per heavy atom. The van der Waals surface area contributed by atoms with E-state index < -0.39 is 46.4 Å². The summed E-state index contributed by atoms with van der Waals surface area (Å²) in [7, 11) is -3.70. The molecule has 1 atom stereocenters. The van der Waals surface area contributed by atoms with E-state index in [1.54, 1.807) is 16.0 Å². The van der Waals surface area contributed by atoms with Crippen molar-refractivity contribution in [2.75, 3.05) is 6.26 Å². The fourth-order valence-corrected chi connectivity index (χ4v) is 22.7. The quantitative estimate of drug-likeness (QED) is 0.111. The zero-order chi connectivity index (χ0) is 38.6. The van der Waals surface area contributed by atoms with Gasteiger partial charge in [-0.3, -0.25) is 9.78 Å². The molecule has 0 bridgehead atoms. The second-order valence-electron chi connectivity index (χ2n) is 13.9. The molecule has 1 amide bonds. The van der Waals surface area contributed by atoms with Gasteiger partial charge in [0.25, 0.3) is 5.91 Å². The topological polar surface area (TPSA) is 89.5 Å². The average molecular weight is 859 g/mol. The molecule has 0 spiro atoms. The molecule has 2 aromatic carbocycles. The second kappa shape index (κ2) is 19.2. The van der Waals surface area contributed by atoms with Crippen molar-refractivity contribution in [1.29, 1.82) is 0 Å². The summed E-state index contributed by atoms with van der Waals surface area (Å²) in [5.41, 5.74) is 3.17. The van der Waals surface area contributed by atoms with Crippen LogP contribution < -0.4 is 8.45 Å². The predicted octanol–water partition coefficient (Wildman–Crippen LogP) is 9.78. The number of ether oxygens (including phenoxy) is 1. The van der Waals surface area contributed by atoms with Crippen LogP contribution in [-0.2, 0) is 22.9 Å². The number of carbonyl (C=O) groups excluding carboxylic acids is 1. The van der Waals surface area contributed by atoms with Gasteiger partial charge in [0.1, 0.15) is 5.75 Å². The third-order valence-corrected chi connectivity index (χ3v) is 26.1. The number of halogens is 3. The van der Waals surface area contributed by atoms with Crippen molar-refractivity contribution < 1.29 is 31.1 Å². The Labute approximate surface area is 317 Å². The van der Waals surface area contributed by atoms with Crippen LogP contribution in [0.15, 0.2) is 90.1 Å². The molecule has 53 heavy (non-hydrogen) atoms. The fourth-order valence-electron chi connectivity index (χ4n) is 6.65. The summed E-state index contributed by atoms with van der Waals surface area (Å²) in [5, 5.41) is 0. The minimum Gasteiger partial charge on any atom is -0.480 e. The molecule has 1 aliphatic rings. The maximum Gasteiger partial charge on any atom is 0.425 e. The first-order chi connectivity index (χ1) is 25.2. The van der Waals surface area contributed by atoms with E-state index in [1.807, 2.05) is 36.5 Å². The van der Waals surface area contributed by atoms with Gasteiger partial charge in [0.15, 0.2) is 15.9 Å². The fraction of sp³-hybridized carbons (Fsp3) is 0.439. The van der Waals surface area contributed by atoms with Gasteiger partial charge in [-0.15, -0.1) is 0 Å². The Hall–Kier alpha value is -3.45. The summed E-state index contributed by atoms with van der Waals surface area (Å²) in [6.07, 6.45) is 6.08. The van der Waals surface area contributed by atoms with Gasteiger partial charge in [-0.25, -0.2) is 8.42 Å². The number of pyridine rings is 2. The average Bonchev–Trinajstić information content (AvgIpc) is 3.58. The Bertz CT molecular complexity index is 1870. The number of carbonyl (C=O) groups is 1. The van der Waals surface area contributed by atoms with E-state index in [-0.39, 0.29) is 29.3 Å². The number of hydrogen-bond donors (Lipinski definition) is 0. The van der Waals surface area contributed by atoms with E-state index in [4.69, 9.17) is 9.72 Å². The van der Waals surface area contributed by atoms with Gasteiger partial charge in [0.05, 0.1) is 16.2 Å². The summed E-state index contributed by atoms with van der Waals surface area (Å²) < 4.78 is 74.4. The van der Waals surface area contributed by atoms with Gasteiger partial charge in [-0.1, -0.05) is 18.2 Å². The van der Waals surface area contributed by atoms with E-state index in [0.29, 0.717) is 0 Å².